The summed E-state index contributed by atoms with van der Waals surface area (Å²) >= 11 is 0. The van der Waals surface area contributed by atoms with Crippen molar-refractivity contribution in [2.24, 2.45) is 0 Å². The molecule has 3 nitrogen and oxygen atoms in total. The molecule has 0 saturated carbocycles. The standard InChI is InChI=1S/C17H30N2O/c1-13-14(2)17(10-9-16(13)15(3)18-4)20-12-8-7-11-19(5)6/h9-10,15,18H,7-8,11-12H2,1-6H3. The highest BCUT2D eigenvalue weighted by Crippen LogP contribution is 2.27. The Morgan fingerprint density at radius 2 is 1.85 bits per heavy atom. The quantitative estimate of drug-likeness (QED) is 0.738. The average Bonchev–Trinajstić information content (AvgIpc) is 2.42. The van der Waals surface area contributed by atoms with Crippen LogP contribution in [0.1, 0.15) is 42.5 Å². The Bertz CT molecular complexity index is 416. The molecule has 114 valence electrons. The third kappa shape index (κ3) is 4.80. The van der Waals surface area contributed by atoms with E-state index in [9.17, 15) is 0 Å². The molecule has 0 aliphatic heterocycles. The molecule has 0 aliphatic rings. The third-order valence-electron chi connectivity index (χ3n) is 3.94. The fourth-order valence-corrected chi connectivity index (χ4v) is 2.31. The van der Waals surface area contributed by atoms with Crippen molar-refractivity contribution in [2.45, 2.75) is 39.7 Å². The molecule has 0 spiro atoms. The van der Waals surface area contributed by atoms with E-state index in [1.807, 2.05) is 7.05 Å². The first-order chi connectivity index (χ1) is 9.47. The van der Waals surface area contributed by atoms with Crippen molar-refractivity contribution in [2.75, 3.05) is 34.3 Å². The van der Waals surface area contributed by atoms with Crippen molar-refractivity contribution >= 4 is 0 Å². The zero-order valence-corrected chi connectivity index (χ0v) is 13.9. The van der Waals surface area contributed by atoms with Crippen LogP contribution in [0.3, 0.4) is 0 Å². The highest BCUT2D eigenvalue weighted by atomic mass is 16.5. The van der Waals surface area contributed by atoms with Gasteiger partial charge in [-0.2, -0.15) is 0 Å². The highest BCUT2D eigenvalue weighted by molar-refractivity contribution is 5.44. The van der Waals surface area contributed by atoms with Crippen molar-refractivity contribution in [3.05, 3.63) is 28.8 Å². The van der Waals surface area contributed by atoms with Gasteiger partial charge in [-0.25, -0.2) is 0 Å². The molecule has 1 atom stereocenters. The number of nitrogens with one attached hydrogen (secondary N) is 1. The van der Waals surface area contributed by atoms with E-state index in [0.29, 0.717) is 6.04 Å². The maximum Gasteiger partial charge on any atom is 0.122 e. The van der Waals surface area contributed by atoms with E-state index in [2.05, 4.69) is 57.2 Å². The molecular formula is C17H30N2O. The molecule has 1 N–H and O–H groups in total. The van der Waals surface area contributed by atoms with Crippen LogP contribution in [0.15, 0.2) is 12.1 Å². The Kier molecular flexibility index (Phi) is 7.03. The number of rotatable bonds is 8. The lowest BCUT2D eigenvalue weighted by molar-refractivity contribution is 0.291. The molecule has 3 heteroatoms. The summed E-state index contributed by atoms with van der Waals surface area (Å²) in [6, 6.07) is 4.67. The number of hydrogen-bond donors (Lipinski definition) is 1. The molecule has 0 radical (unpaired) electrons. The first kappa shape index (κ1) is 17.0. The summed E-state index contributed by atoms with van der Waals surface area (Å²) in [5.74, 6) is 1.03. The van der Waals surface area contributed by atoms with E-state index in [0.717, 1.165) is 25.3 Å². The molecule has 0 aromatic heterocycles. The van der Waals surface area contributed by atoms with Gasteiger partial charge < -0.3 is 15.0 Å². The van der Waals surface area contributed by atoms with Gasteiger partial charge in [0.25, 0.3) is 0 Å². The largest absolute Gasteiger partial charge is 0.493 e. The van der Waals surface area contributed by atoms with Crippen LogP contribution in [0.4, 0.5) is 0 Å². The molecule has 1 rings (SSSR count). The molecule has 0 aliphatic carbocycles. The maximum absolute atomic E-state index is 5.93. The van der Waals surface area contributed by atoms with E-state index in [4.69, 9.17) is 4.74 Å². The van der Waals surface area contributed by atoms with Gasteiger partial charge >= 0.3 is 0 Å². The molecule has 0 bridgehead atoms. The number of ether oxygens (including phenoxy) is 1. The van der Waals surface area contributed by atoms with Crippen molar-refractivity contribution in [1.82, 2.24) is 10.2 Å². The molecule has 0 saturated heterocycles. The Morgan fingerprint density at radius 3 is 2.45 bits per heavy atom. The van der Waals surface area contributed by atoms with Gasteiger partial charge in [-0.05, 0) is 84.1 Å². The van der Waals surface area contributed by atoms with Crippen LogP contribution in [-0.2, 0) is 0 Å². The smallest absolute Gasteiger partial charge is 0.122 e. The number of unbranched alkanes of at least 4 members (excludes halogenated alkanes) is 1. The van der Waals surface area contributed by atoms with Gasteiger partial charge in [0.1, 0.15) is 5.75 Å². The molecular weight excluding hydrogens is 248 g/mol. The topological polar surface area (TPSA) is 24.5 Å². The lowest BCUT2D eigenvalue weighted by Crippen LogP contribution is -2.15. The molecule has 1 unspecified atom stereocenters. The Labute approximate surface area is 124 Å². The normalized spacial score (nSPS) is 12.8. The Balaban J connectivity index is 2.57. The van der Waals surface area contributed by atoms with Gasteiger partial charge in [0.05, 0.1) is 6.61 Å². The van der Waals surface area contributed by atoms with E-state index in [-0.39, 0.29) is 0 Å². The Morgan fingerprint density at radius 1 is 1.15 bits per heavy atom. The number of benzene rings is 1. The molecule has 0 fully saturated rings. The minimum absolute atomic E-state index is 0.378. The molecule has 0 amide bonds. The fourth-order valence-electron chi connectivity index (χ4n) is 2.31. The molecule has 1 aromatic rings. The van der Waals surface area contributed by atoms with E-state index in [1.165, 1.54) is 23.1 Å². The number of hydrogen-bond acceptors (Lipinski definition) is 3. The first-order valence-corrected chi connectivity index (χ1v) is 7.52. The molecule has 20 heavy (non-hydrogen) atoms. The van der Waals surface area contributed by atoms with Crippen LogP contribution in [0, 0.1) is 13.8 Å². The lowest BCUT2D eigenvalue weighted by atomic mass is 9.97. The summed E-state index contributed by atoms with van der Waals surface area (Å²) in [6.45, 7) is 8.44. The van der Waals surface area contributed by atoms with Crippen molar-refractivity contribution in [3.8, 4) is 5.75 Å². The van der Waals surface area contributed by atoms with Crippen LogP contribution in [0.25, 0.3) is 0 Å². The minimum Gasteiger partial charge on any atom is -0.493 e. The predicted molar refractivity (Wildman–Crippen MR) is 86.7 cm³/mol. The minimum atomic E-state index is 0.378. The summed E-state index contributed by atoms with van der Waals surface area (Å²) < 4.78 is 5.93. The SMILES string of the molecule is CNC(C)c1ccc(OCCCCN(C)C)c(C)c1C. The van der Waals surface area contributed by atoms with Crippen molar-refractivity contribution in [1.29, 1.82) is 0 Å². The number of nitrogens with zero attached hydrogens (tertiary/aromatic N) is 1. The van der Waals surface area contributed by atoms with Crippen LogP contribution < -0.4 is 10.1 Å². The zero-order chi connectivity index (χ0) is 15.1. The highest BCUT2D eigenvalue weighted by Gasteiger charge is 2.11. The van der Waals surface area contributed by atoms with Gasteiger partial charge in [0, 0.05) is 6.04 Å². The lowest BCUT2D eigenvalue weighted by Gasteiger charge is -2.18. The summed E-state index contributed by atoms with van der Waals surface area (Å²) in [5, 5.41) is 3.29. The first-order valence-electron chi connectivity index (χ1n) is 7.52. The van der Waals surface area contributed by atoms with E-state index in [1.54, 1.807) is 0 Å². The van der Waals surface area contributed by atoms with Gasteiger partial charge in [-0.15, -0.1) is 0 Å². The van der Waals surface area contributed by atoms with Gasteiger partial charge in [0.2, 0.25) is 0 Å². The average molecular weight is 278 g/mol. The summed E-state index contributed by atoms with van der Waals surface area (Å²) in [6.07, 6.45) is 2.28. The Hall–Kier alpha value is -1.06. The van der Waals surface area contributed by atoms with Crippen LogP contribution in [-0.4, -0.2) is 39.2 Å². The van der Waals surface area contributed by atoms with Crippen LogP contribution in [0.5, 0.6) is 5.75 Å². The van der Waals surface area contributed by atoms with Crippen LogP contribution in [0.2, 0.25) is 0 Å². The maximum atomic E-state index is 5.93. The summed E-state index contributed by atoms with van der Waals surface area (Å²) in [4.78, 5) is 2.21. The van der Waals surface area contributed by atoms with E-state index < -0.39 is 0 Å². The van der Waals surface area contributed by atoms with E-state index >= 15 is 0 Å². The zero-order valence-electron chi connectivity index (χ0n) is 13.9. The second-order valence-electron chi connectivity index (χ2n) is 5.77. The third-order valence-corrected chi connectivity index (χ3v) is 3.94. The van der Waals surface area contributed by atoms with Gasteiger partial charge in [-0.1, -0.05) is 6.07 Å². The predicted octanol–water partition coefficient (Wildman–Crippen LogP) is 3.30. The second kappa shape index (κ2) is 8.28. The summed E-state index contributed by atoms with van der Waals surface area (Å²) in [7, 11) is 6.21. The van der Waals surface area contributed by atoms with Crippen molar-refractivity contribution in [3.63, 3.8) is 0 Å². The summed E-state index contributed by atoms with van der Waals surface area (Å²) in [5.41, 5.74) is 3.94. The van der Waals surface area contributed by atoms with Crippen molar-refractivity contribution < 1.29 is 4.74 Å². The van der Waals surface area contributed by atoms with Crippen LogP contribution >= 0.6 is 0 Å². The fraction of sp³-hybridized carbons (Fsp3) is 0.647. The molecule has 0 heterocycles. The van der Waals surface area contributed by atoms with Gasteiger partial charge in [0.15, 0.2) is 0 Å². The monoisotopic (exact) mass is 278 g/mol. The van der Waals surface area contributed by atoms with Gasteiger partial charge in [-0.3, -0.25) is 0 Å². The molecule has 1 aromatic carbocycles. The second-order valence-corrected chi connectivity index (χ2v) is 5.77.